The SMILES string of the molecule is CC(=O)O[B-]1(OC(C)=O)Oc2c3ccccc3c3c4c(ccc(c24)=[O+]1)O[B-](OC(C)=O)(OC(C)=O)[O+]=3. The van der Waals surface area contributed by atoms with Crippen molar-refractivity contribution in [2.24, 2.45) is 0 Å². The Labute approximate surface area is 202 Å². The van der Waals surface area contributed by atoms with Gasteiger partial charge in [-0.05, 0) is 12.1 Å². The van der Waals surface area contributed by atoms with Crippen molar-refractivity contribution in [3.63, 3.8) is 0 Å². The molecule has 2 aliphatic rings. The quantitative estimate of drug-likeness (QED) is 0.293. The van der Waals surface area contributed by atoms with Gasteiger partial charge in [-0.3, -0.25) is 19.2 Å². The fourth-order valence-corrected chi connectivity index (χ4v) is 4.31. The first-order valence-corrected chi connectivity index (χ1v) is 10.8. The van der Waals surface area contributed by atoms with Crippen LogP contribution in [0.25, 0.3) is 21.5 Å². The molecular weight excluding hydrogens is 478 g/mol. The topological polar surface area (TPSA) is 146 Å². The molecule has 0 aliphatic carbocycles. The molecule has 0 aromatic heterocycles. The predicted molar refractivity (Wildman–Crippen MR) is 125 cm³/mol. The van der Waals surface area contributed by atoms with Gasteiger partial charge in [-0.25, -0.2) is 0 Å². The average Bonchev–Trinajstić information content (AvgIpc) is 2.75. The smallest absolute Gasteiger partial charge is 0.550 e. The van der Waals surface area contributed by atoms with E-state index in [-0.39, 0.29) is 22.4 Å². The van der Waals surface area contributed by atoms with Gasteiger partial charge in [0.2, 0.25) is 0 Å². The van der Waals surface area contributed by atoms with E-state index < -0.39 is 37.8 Å². The van der Waals surface area contributed by atoms with Crippen molar-refractivity contribution in [3.8, 4) is 11.5 Å². The molecule has 3 aromatic carbocycles. The molecule has 0 saturated heterocycles. The molecule has 0 atom stereocenters. The van der Waals surface area contributed by atoms with Gasteiger partial charge in [0.1, 0.15) is 16.5 Å². The average molecular weight is 496 g/mol. The maximum atomic E-state index is 11.8. The Hall–Kier alpha value is -4.61. The monoisotopic (exact) mass is 496 g/mol. The van der Waals surface area contributed by atoms with Crippen LogP contribution < -0.4 is 20.2 Å². The van der Waals surface area contributed by atoms with Crippen molar-refractivity contribution in [2.45, 2.75) is 27.7 Å². The van der Waals surface area contributed by atoms with Gasteiger partial charge in [0.05, 0.1) is 11.1 Å². The lowest BCUT2D eigenvalue weighted by Gasteiger charge is -2.31. The second kappa shape index (κ2) is 7.97. The van der Waals surface area contributed by atoms with E-state index >= 15 is 0 Å². The minimum atomic E-state index is -3.36. The first kappa shape index (κ1) is 23.1. The Morgan fingerprint density at radius 3 is 1.75 bits per heavy atom. The maximum Gasteiger partial charge on any atom is 1.04 e. The van der Waals surface area contributed by atoms with E-state index in [9.17, 15) is 19.2 Å². The van der Waals surface area contributed by atoms with Gasteiger partial charge in [0.25, 0.3) is 29.3 Å². The Morgan fingerprint density at radius 2 is 1.19 bits per heavy atom. The van der Waals surface area contributed by atoms with Crippen molar-refractivity contribution in [3.05, 3.63) is 55.9 Å². The van der Waals surface area contributed by atoms with Crippen molar-refractivity contribution in [1.29, 1.82) is 0 Å². The second-order valence-electron chi connectivity index (χ2n) is 8.08. The van der Waals surface area contributed by atoms with Gasteiger partial charge >= 0.3 is 19.3 Å². The first-order chi connectivity index (χ1) is 17.0. The molecule has 0 amide bonds. The van der Waals surface area contributed by atoms with E-state index in [4.69, 9.17) is 36.6 Å². The van der Waals surface area contributed by atoms with Crippen LogP contribution in [0.3, 0.4) is 0 Å². The Morgan fingerprint density at radius 1 is 0.667 bits per heavy atom. The molecular formula is C22H18B2O12. The molecule has 3 aromatic rings. The van der Waals surface area contributed by atoms with Crippen molar-refractivity contribution < 1.29 is 47.1 Å². The number of carbonyl (C=O) groups excluding carboxylic acids is 4. The summed E-state index contributed by atoms with van der Waals surface area (Å²) in [5, 5.41) is 1.52. The Balaban J connectivity index is 1.92. The summed E-state index contributed by atoms with van der Waals surface area (Å²) in [6.45, 7) is -2.26. The second-order valence-corrected chi connectivity index (χ2v) is 8.08. The predicted octanol–water partition coefficient (Wildman–Crippen LogP) is 1.13. The van der Waals surface area contributed by atoms with Crippen molar-refractivity contribution in [1.82, 2.24) is 0 Å². The van der Waals surface area contributed by atoms with Crippen LogP contribution in [0.1, 0.15) is 27.7 Å². The third-order valence-electron chi connectivity index (χ3n) is 5.31. The molecule has 0 N–H and O–H groups in total. The van der Waals surface area contributed by atoms with Crippen LogP contribution in [0.5, 0.6) is 11.5 Å². The van der Waals surface area contributed by atoms with E-state index in [1.54, 1.807) is 24.3 Å². The van der Waals surface area contributed by atoms with Crippen LogP contribution in [0.4, 0.5) is 0 Å². The standard InChI is InChI=1S/C22H18B2O12/c1-11(25)29-23(30-12(2)26)33-17-9-10-18-20-19(17)21(35-23)15-7-5-6-8-16(15)22(20)36-24(34-18,31-13(3)27)32-14(4)28/h5-10H,1-4H3. The number of hydrogen-bond acceptors (Lipinski definition) is 10. The summed E-state index contributed by atoms with van der Waals surface area (Å²) in [4.78, 5) is 47.4. The van der Waals surface area contributed by atoms with E-state index in [0.29, 0.717) is 21.5 Å². The van der Waals surface area contributed by atoms with E-state index in [0.717, 1.165) is 27.7 Å². The summed E-state index contributed by atoms with van der Waals surface area (Å²) in [7, 11) is 0. The van der Waals surface area contributed by atoms with Crippen LogP contribution in [-0.4, -0.2) is 37.8 Å². The molecule has 36 heavy (non-hydrogen) atoms. The zero-order valence-corrected chi connectivity index (χ0v) is 19.5. The van der Waals surface area contributed by atoms with Crippen molar-refractivity contribution in [2.75, 3.05) is 0 Å². The van der Waals surface area contributed by atoms with Crippen LogP contribution in [0.2, 0.25) is 0 Å². The van der Waals surface area contributed by atoms with Crippen LogP contribution in [0.15, 0.2) is 45.1 Å². The van der Waals surface area contributed by atoms with Crippen LogP contribution >= 0.6 is 0 Å². The number of carbonyl (C=O) groups is 4. The Bertz CT molecular complexity index is 1600. The third-order valence-corrected chi connectivity index (χ3v) is 5.31. The number of rotatable bonds is 4. The molecule has 0 radical (unpaired) electrons. The molecule has 0 saturated carbocycles. The zero-order valence-electron chi connectivity index (χ0n) is 19.5. The van der Waals surface area contributed by atoms with Gasteiger partial charge < -0.3 is 36.6 Å². The van der Waals surface area contributed by atoms with Gasteiger partial charge in [-0.1, -0.05) is 18.2 Å². The molecule has 0 unspecified atom stereocenters. The Kier molecular flexibility index (Phi) is 5.12. The summed E-state index contributed by atoms with van der Waals surface area (Å²) in [5.74, 6) is -2.96. The summed E-state index contributed by atoms with van der Waals surface area (Å²) in [6, 6.07) is 9.66. The van der Waals surface area contributed by atoms with Crippen molar-refractivity contribution >= 4 is 59.3 Å². The minimum absolute atomic E-state index is 0.122. The molecule has 12 nitrogen and oxygen atoms in total. The fraction of sp³-hybridized carbons (Fsp3) is 0.182. The number of benzene rings is 3. The molecule has 184 valence electrons. The van der Waals surface area contributed by atoms with E-state index in [1.807, 2.05) is 0 Å². The first-order valence-electron chi connectivity index (χ1n) is 10.8. The van der Waals surface area contributed by atoms with E-state index in [1.165, 1.54) is 12.1 Å². The normalized spacial score (nSPS) is 15.9. The molecule has 0 spiro atoms. The molecule has 2 aliphatic heterocycles. The molecule has 2 heterocycles. The lowest BCUT2D eigenvalue weighted by molar-refractivity contribution is -0.143. The van der Waals surface area contributed by atoms with Gasteiger partial charge in [-0.2, -0.15) is 0 Å². The summed E-state index contributed by atoms with van der Waals surface area (Å²) in [5.41, 5.74) is 0.277. The van der Waals surface area contributed by atoms with E-state index in [2.05, 4.69) is 0 Å². The summed E-state index contributed by atoms with van der Waals surface area (Å²) in [6.07, 6.45) is 0. The summed E-state index contributed by atoms with van der Waals surface area (Å²) < 4.78 is 44.4. The maximum absolute atomic E-state index is 11.8. The highest BCUT2D eigenvalue weighted by molar-refractivity contribution is 6.68. The van der Waals surface area contributed by atoms with Crippen LogP contribution in [-0.2, 0) is 37.8 Å². The van der Waals surface area contributed by atoms with Gasteiger partial charge in [-0.15, -0.1) is 0 Å². The fourth-order valence-electron chi connectivity index (χ4n) is 4.31. The van der Waals surface area contributed by atoms with Gasteiger partial charge in [0, 0.05) is 39.1 Å². The zero-order chi connectivity index (χ0) is 25.8. The molecule has 0 bridgehead atoms. The molecule has 0 fully saturated rings. The lowest BCUT2D eigenvalue weighted by Crippen LogP contribution is -2.54. The third kappa shape index (κ3) is 3.76. The number of hydrogen-bond donors (Lipinski definition) is 0. The number of fused-ring (bicyclic) bond motifs is 3. The summed E-state index contributed by atoms with van der Waals surface area (Å²) >= 11 is 0. The highest BCUT2D eigenvalue weighted by Gasteiger charge is 2.64. The largest absolute Gasteiger partial charge is 1.04 e. The highest BCUT2D eigenvalue weighted by atomic mass is 16.9. The molecule has 14 heteroatoms. The van der Waals surface area contributed by atoms with Crippen LogP contribution in [0, 0.1) is 0 Å². The minimum Gasteiger partial charge on any atom is -0.550 e. The lowest BCUT2D eigenvalue weighted by atomic mass is 9.93. The van der Waals surface area contributed by atoms with Gasteiger partial charge in [0.15, 0.2) is 0 Å². The molecule has 5 rings (SSSR count). The highest BCUT2D eigenvalue weighted by Crippen LogP contribution is 2.40.